The zero-order chi connectivity index (χ0) is 19.0. The van der Waals surface area contributed by atoms with Crippen LogP contribution in [-0.2, 0) is 10.5 Å². The van der Waals surface area contributed by atoms with Crippen molar-refractivity contribution in [2.45, 2.75) is 5.66 Å². The number of carbonyl (C=O) groups excluding carboxylic acids is 1. The summed E-state index contributed by atoms with van der Waals surface area (Å²) in [6.07, 6.45) is 0. The van der Waals surface area contributed by atoms with Crippen LogP contribution in [0.3, 0.4) is 0 Å². The lowest BCUT2D eigenvalue weighted by Gasteiger charge is -2.26. The topological polar surface area (TPSA) is 122 Å². The first-order valence-corrected chi connectivity index (χ1v) is 8.18. The number of benzene rings is 2. The fraction of sp³-hybridized carbons (Fsp3) is 0.167. The predicted molar refractivity (Wildman–Crippen MR) is 102 cm³/mol. The third kappa shape index (κ3) is 2.69. The second-order valence-electron chi connectivity index (χ2n) is 5.95. The Kier molecular flexibility index (Phi) is 3.84. The molecule has 2 aliphatic rings. The van der Waals surface area contributed by atoms with Gasteiger partial charge in [0.15, 0.2) is 5.96 Å². The average molecular weight is 366 g/mol. The van der Waals surface area contributed by atoms with Crippen molar-refractivity contribution in [1.29, 1.82) is 0 Å². The lowest BCUT2D eigenvalue weighted by Crippen LogP contribution is -2.49. The van der Waals surface area contributed by atoms with E-state index in [1.807, 2.05) is 12.1 Å². The number of fused-ring (bicyclic) bond motifs is 2. The largest absolute Gasteiger partial charge is 0.497 e. The number of aliphatic imine (C=N–C) groups is 2. The van der Waals surface area contributed by atoms with Crippen LogP contribution in [-0.4, -0.2) is 32.0 Å². The third-order valence-electron chi connectivity index (χ3n) is 4.33. The van der Waals surface area contributed by atoms with Gasteiger partial charge in [-0.1, -0.05) is 18.2 Å². The summed E-state index contributed by atoms with van der Waals surface area (Å²) >= 11 is 0. The van der Waals surface area contributed by atoms with E-state index in [1.165, 1.54) is 0 Å². The molecule has 2 aromatic rings. The van der Waals surface area contributed by atoms with Crippen molar-refractivity contribution >= 4 is 29.2 Å². The molecule has 1 atom stereocenters. The monoisotopic (exact) mass is 366 g/mol. The van der Waals surface area contributed by atoms with E-state index < -0.39 is 5.66 Å². The maximum atomic E-state index is 12.7. The predicted octanol–water partition coefficient (Wildman–Crippen LogP) is 1.19. The number of rotatable bonds is 3. The SMILES string of the molecule is COc1ccc(OC)c(NC2=N[C@]3(N=C(N)N2)C(=O)Nc2ccccc23)c1. The van der Waals surface area contributed by atoms with E-state index in [9.17, 15) is 4.79 Å². The molecule has 1 amide bonds. The summed E-state index contributed by atoms with van der Waals surface area (Å²) in [6.45, 7) is 0. The number of para-hydroxylation sites is 1. The normalized spacial score (nSPS) is 20.1. The molecule has 27 heavy (non-hydrogen) atoms. The summed E-state index contributed by atoms with van der Waals surface area (Å²) in [5.74, 6) is 1.17. The number of carbonyl (C=O) groups is 1. The standard InChI is InChI=1S/C18H18N6O3/c1-26-10-7-8-14(27-2)13(9-10)21-17-22-16(19)23-18(24-17)11-5-3-4-6-12(11)20-15(18)25/h3-9H,1-2H3,(H,20,25)(H4,19,21,22,23,24)/t18-/m0/s1. The van der Waals surface area contributed by atoms with Gasteiger partial charge in [-0.15, -0.1) is 0 Å². The number of hydrogen-bond donors (Lipinski definition) is 4. The highest BCUT2D eigenvalue weighted by Gasteiger charge is 2.49. The molecule has 2 aliphatic heterocycles. The van der Waals surface area contributed by atoms with Crippen molar-refractivity contribution in [1.82, 2.24) is 5.32 Å². The first-order chi connectivity index (χ1) is 13.1. The van der Waals surface area contributed by atoms with Crippen LogP contribution in [0.5, 0.6) is 11.5 Å². The van der Waals surface area contributed by atoms with E-state index in [0.29, 0.717) is 28.4 Å². The lowest BCUT2D eigenvalue weighted by atomic mass is 10.0. The van der Waals surface area contributed by atoms with Crippen LogP contribution in [0.4, 0.5) is 11.4 Å². The van der Waals surface area contributed by atoms with Crippen LogP contribution in [0, 0.1) is 0 Å². The highest BCUT2D eigenvalue weighted by atomic mass is 16.5. The van der Waals surface area contributed by atoms with Crippen LogP contribution in [0.1, 0.15) is 5.56 Å². The van der Waals surface area contributed by atoms with E-state index in [0.717, 1.165) is 0 Å². The number of guanidine groups is 2. The molecule has 5 N–H and O–H groups in total. The minimum atomic E-state index is -1.47. The Morgan fingerprint density at radius 2 is 1.89 bits per heavy atom. The molecule has 0 fully saturated rings. The second-order valence-corrected chi connectivity index (χ2v) is 5.95. The molecule has 2 heterocycles. The van der Waals surface area contributed by atoms with Crippen molar-refractivity contribution in [2.24, 2.45) is 15.7 Å². The molecule has 0 saturated carbocycles. The molecule has 0 radical (unpaired) electrons. The minimum absolute atomic E-state index is 0.0706. The third-order valence-corrected chi connectivity index (χ3v) is 4.33. The molecular weight excluding hydrogens is 348 g/mol. The number of nitrogens with one attached hydrogen (secondary N) is 3. The zero-order valence-electron chi connectivity index (χ0n) is 14.7. The molecule has 2 aromatic carbocycles. The van der Waals surface area contributed by atoms with Crippen LogP contribution >= 0.6 is 0 Å². The van der Waals surface area contributed by atoms with Gasteiger partial charge in [0.1, 0.15) is 11.5 Å². The maximum absolute atomic E-state index is 12.7. The van der Waals surface area contributed by atoms with E-state index >= 15 is 0 Å². The van der Waals surface area contributed by atoms with E-state index in [4.69, 9.17) is 15.2 Å². The van der Waals surface area contributed by atoms with Gasteiger partial charge in [0.05, 0.1) is 19.9 Å². The molecule has 0 aliphatic carbocycles. The molecule has 0 saturated heterocycles. The summed E-state index contributed by atoms with van der Waals surface area (Å²) in [7, 11) is 3.13. The Morgan fingerprint density at radius 1 is 1.07 bits per heavy atom. The van der Waals surface area contributed by atoms with Gasteiger partial charge in [0.25, 0.3) is 11.6 Å². The van der Waals surface area contributed by atoms with Crippen LogP contribution in [0.25, 0.3) is 0 Å². The Morgan fingerprint density at radius 3 is 2.67 bits per heavy atom. The molecular formula is C18H18N6O3. The molecule has 0 unspecified atom stereocenters. The van der Waals surface area contributed by atoms with Crippen LogP contribution in [0.2, 0.25) is 0 Å². The molecule has 0 aromatic heterocycles. The number of ether oxygens (including phenoxy) is 2. The highest BCUT2D eigenvalue weighted by Crippen LogP contribution is 2.41. The maximum Gasteiger partial charge on any atom is 0.280 e. The number of nitrogens with two attached hydrogens (primary N) is 1. The Hall–Kier alpha value is -3.75. The zero-order valence-corrected chi connectivity index (χ0v) is 14.7. The van der Waals surface area contributed by atoms with Crippen LogP contribution < -0.4 is 31.2 Å². The summed E-state index contributed by atoms with van der Waals surface area (Å²) in [6, 6.07) is 12.5. The second kappa shape index (κ2) is 6.20. The first kappa shape index (κ1) is 16.7. The van der Waals surface area contributed by atoms with Crippen molar-refractivity contribution in [3.8, 4) is 11.5 Å². The Labute approximate surface area is 155 Å². The number of anilines is 2. The fourth-order valence-corrected chi connectivity index (χ4v) is 3.09. The molecule has 0 bridgehead atoms. The Bertz CT molecular complexity index is 987. The number of amides is 1. The van der Waals surface area contributed by atoms with Gasteiger partial charge in [-0.05, 0) is 18.2 Å². The molecule has 138 valence electrons. The minimum Gasteiger partial charge on any atom is -0.497 e. The van der Waals surface area contributed by atoms with Crippen molar-refractivity contribution in [3.63, 3.8) is 0 Å². The van der Waals surface area contributed by atoms with E-state index in [2.05, 4.69) is 25.9 Å². The van der Waals surface area contributed by atoms with Crippen LogP contribution in [0.15, 0.2) is 52.4 Å². The fourth-order valence-electron chi connectivity index (χ4n) is 3.09. The Balaban J connectivity index is 1.77. The van der Waals surface area contributed by atoms with Gasteiger partial charge < -0.3 is 25.8 Å². The van der Waals surface area contributed by atoms with Gasteiger partial charge in [-0.3, -0.25) is 10.1 Å². The summed E-state index contributed by atoms with van der Waals surface area (Å²) in [4.78, 5) is 21.5. The van der Waals surface area contributed by atoms with Gasteiger partial charge in [0, 0.05) is 17.3 Å². The van der Waals surface area contributed by atoms with E-state index in [-0.39, 0.29) is 17.8 Å². The number of methoxy groups -OCH3 is 2. The molecule has 1 spiro atoms. The van der Waals surface area contributed by atoms with Gasteiger partial charge in [-0.25, -0.2) is 9.98 Å². The number of nitrogens with zero attached hydrogens (tertiary/aromatic N) is 2. The van der Waals surface area contributed by atoms with E-state index in [1.54, 1.807) is 44.6 Å². The number of hydrogen-bond acceptors (Lipinski definition) is 8. The highest BCUT2D eigenvalue weighted by molar-refractivity contribution is 6.13. The summed E-state index contributed by atoms with van der Waals surface area (Å²) in [5.41, 5.74) is 6.38. The van der Waals surface area contributed by atoms with Crippen molar-refractivity contribution in [2.75, 3.05) is 24.9 Å². The quantitative estimate of drug-likeness (QED) is 0.647. The lowest BCUT2D eigenvalue weighted by molar-refractivity contribution is -0.120. The summed E-state index contributed by atoms with van der Waals surface area (Å²) in [5, 5.41) is 8.74. The van der Waals surface area contributed by atoms with Gasteiger partial charge in [0.2, 0.25) is 5.96 Å². The molecule has 9 nitrogen and oxygen atoms in total. The van der Waals surface area contributed by atoms with Crippen molar-refractivity contribution < 1.29 is 14.3 Å². The molecule has 4 rings (SSSR count). The smallest absolute Gasteiger partial charge is 0.280 e. The average Bonchev–Trinajstić information content (AvgIpc) is 2.92. The molecule has 9 heteroatoms. The summed E-state index contributed by atoms with van der Waals surface area (Å²) < 4.78 is 10.6. The van der Waals surface area contributed by atoms with Gasteiger partial charge in [-0.2, -0.15) is 0 Å². The van der Waals surface area contributed by atoms with Gasteiger partial charge >= 0.3 is 0 Å². The first-order valence-electron chi connectivity index (χ1n) is 8.18. The van der Waals surface area contributed by atoms with Crippen molar-refractivity contribution in [3.05, 3.63) is 48.0 Å².